The third kappa shape index (κ3) is 5.98. The van der Waals surface area contributed by atoms with Crippen LogP contribution in [0.4, 0.5) is 5.82 Å². The molecule has 1 N–H and O–H groups in total. The van der Waals surface area contributed by atoms with Gasteiger partial charge in [0, 0.05) is 18.1 Å². The number of carbonyl (C=O) groups is 2. The van der Waals surface area contributed by atoms with Crippen LogP contribution in [0, 0.1) is 0 Å². The van der Waals surface area contributed by atoms with Crippen molar-refractivity contribution in [1.82, 2.24) is 14.8 Å². The first-order valence-electron chi connectivity index (χ1n) is 11.2. The normalized spacial score (nSPS) is 10.7. The number of aromatic nitrogens is 3. The lowest BCUT2D eigenvalue weighted by Gasteiger charge is -2.09. The summed E-state index contributed by atoms with van der Waals surface area (Å²) in [4.78, 5) is 28.8. The summed E-state index contributed by atoms with van der Waals surface area (Å²) in [5, 5.41) is 7.37. The van der Waals surface area contributed by atoms with Crippen LogP contribution in [0.25, 0.3) is 17.0 Å². The zero-order valence-electron chi connectivity index (χ0n) is 18.9. The number of hydrogen-bond acceptors (Lipinski definition) is 6. The van der Waals surface area contributed by atoms with Crippen LogP contribution in [0.3, 0.4) is 0 Å². The lowest BCUT2D eigenvalue weighted by Crippen LogP contribution is -2.22. The number of benzene rings is 2. The monoisotopic (exact) mass is 458 g/mol. The van der Waals surface area contributed by atoms with Gasteiger partial charge in [-0.15, -0.1) is 0 Å². The van der Waals surface area contributed by atoms with Gasteiger partial charge in [0.05, 0.1) is 24.0 Å². The van der Waals surface area contributed by atoms with Gasteiger partial charge in [0.1, 0.15) is 5.82 Å². The molecule has 0 bridgehead atoms. The summed E-state index contributed by atoms with van der Waals surface area (Å²) < 4.78 is 12.5. The van der Waals surface area contributed by atoms with Crippen molar-refractivity contribution in [3.63, 3.8) is 0 Å². The van der Waals surface area contributed by atoms with E-state index in [0.717, 1.165) is 29.8 Å². The van der Waals surface area contributed by atoms with Crippen LogP contribution >= 0.6 is 0 Å². The summed E-state index contributed by atoms with van der Waals surface area (Å²) in [6.45, 7) is 1.68. The molecule has 0 fully saturated rings. The van der Waals surface area contributed by atoms with Gasteiger partial charge in [-0.25, -0.2) is 9.67 Å². The average molecular weight is 459 g/mol. The van der Waals surface area contributed by atoms with E-state index in [1.54, 1.807) is 10.9 Å². The Kier molecular flexibility index (Phi) is 7.49. The summed E-state index contributed by atoms with van der Waals surface area (Å²) in [6, 6.07) is 21.0. The fourth-order valence-corrected chi connectivity index (χ4v) is 3.43. The molecule has 174 valence electrons. The number of hydrogen-bond donors (Lipinski definition) is 1. The molecule has 0 aliphatic carbocycles. The van der Waals surface area contributed by atoms with Gasteiger partial charge in [0.2, 0.25) is 0 Å². The van der Waals surface area contributed by atoms with Crippen molar-refractivity contribution in [2.75, 3.05) is 11.9 Å². The SMILES string of the molecule is CCCc1cc(NC(=O)COC(=O)CCc2ncc(-c3ccccc3)o2)n(-c2ccccc2)n1. The third-order valence-corrected chi connectivity index (χ3v) is 5.05. The molecule has 4 aromatic rings. The maximum Gasteiger partial charge on any atom is 0.306 e. The van der Waals surface area contributed by atoms with Crippen LogP contribution in [-0.2, 0) is 27.2 Å². The molecule has 8 heteroatoms. The number of para-hydroxylation sites is 1. The molecule has 0 unspecified atom stereocenters. The second-order valence-electron chi connectivity index (χ2n) is 7.71. The van der Waals surface area contributed by atoms with E-state index >= 15 is 0 Å². The number of anilines is 1. The second kappa shape index (κ2) is 11.1. The van der Waals surface area contributed by atoms with E-state index in [4.69, 9.17) is 9.15 Å². The molecule has 0 aliphatic rings. The Morgan fingerprint density at radius 3 is 2.50 bits per heavy atom. The summed E-state index contributed by atoms with van der Waals surface area (Å²) in [6.07, 6.45) is 3.71. The summed E-state index contributed by atoms with van der Waals surface area (Å²) in [5.74, 6) is 0.675. The Morgan fingerprint density at radius 1 is 1.03 bits per heavy atom. The summed E-state index contributed by atoms with van der Waals surface area (Å²) >= 11 is 0. The number of nitrogens with zero attached hydrogens (tertiary/aromatic N) is 3. The van der Waals surface area contributed by atoms with Crippen molar-refractivity contribution in [1.29, 1.82) is 0 Å². The largest absolute Gasteiger partial charge is 0.456 e. The minimum atomic E-state index is -0.502. The van der Waals surface area contributed by atoms with Crippen LogP contribution in [0.15, 0.2) is 77.3 Å². The van der Waals surface area contributed by atoms with Gasteiger partial charge in [0.25, 0.3) is 5.91 Å². The number of nitrogens with one attached hydrogen (secondary N) is 1. The number of ether oxygens (including phenoxy) is 1. The van der Waals surface area contributed by atoms with Gasteiger partial charge in [-0.2, -0.15) is 5.10 Å². The van der Waals surface area contributed by atoms with E-state index in [0.29, 0.717) is 17.5 Å². The second-order valence-corrected chi connectivity index (χ2v) is 7.71. The molecule has 1 amide bonds. The maximum absolute atomic E-state index is 12.4. The van der Waals surface area contributed by atoms with Crippen molar-refractivity contribution in [2.45, 2.75) is 32.6 Å². The maximum atomic E-state index is 12.4. The molecule has 0 saturated heterocycles. The molecule has 8 nitrogen and oxygen atoms in total. The lowest BCUT2D eigenvalue weighted by atomic mass is 10.2. The number of esters is 1. The number of rotatable bonds is 10. The predicted molar refractivity (Wildman–Crippen MR) is 127 cm³/mol. The minimum absolute atomic E-state index is 0.0601. The summed E-state index contributed by atoms with van der Waals surface area (Å²) in [5.41, 5.74) is 2.62. The molecule has 0 spiro atoms. The molecule has 4 rings (SSSR count). The van der Waals surface area contributed by atoms with Crippen LogP contribution in [0.5, 0.6) is 0 Å². The topological polar surface area (TPSA) is 99.2 Å². The van der Waals surface area contributed by atoms with Gasteiger partial charge < -0.3 is 14.5 Å². The Balaban J connectivity index is 1.29. The van der Waals surface area contributed by atoms with Crippen LogP contribution in [-0.4, -0.2) is 33.2 Å². The molecular formula is C26H26N4O4. The zero-order valence-corrected chi connectivity index (χ0v) is 18.9. The van der Waals surface area contributed by atoms with Gasteiger partial charge in [-0.05, 0) is 18.6 Å². The zero-order chi connectivity index (χ0) is 23.8. The van der Waals surface area contributed by atoms with Gasteiger partial charge in [-0.1, -0.05) is 61.9 Å². The van der Waals surface area contributed by atoms with Crippen molar-refractivity contribution in [3.8, 4) is 17.0 Å². The Hall–Kier alpha value is -4.20. The van der Waals surface area contributed by atoms with E-state index < -0.39 is 11.9 Å². The van der Waals surface area contributed by atoms with Crippen molar-refractivity contribution >= 4 is 17.7 Å². The molecule has 0 aliphatic heterocycles. The van der Waals surface area contributed by atoms with Crippen molar-refractivity contribution in [2.24, 2.45) is 0 Å². The Morgan fingerprint density at radius 2 is 1.76 bits per heavy atom. The smallest absolute Gasteiger partial charge is 0.306 e. The fraction of sp³-hybridized carbons (Fsp3) is 0.231. The molecule has 0 saturated carbocycles. The molecule has 0 radical (unpaired) electrons. The highest BCUT2D eigenvalue weighted by molar-refractivity contribution is 5.92. The summed E-state index contributed by atoms with van der Waals surface area (Å²) in [7, 11) is 0. The first-order chi connectivity index (χ1) is 16.6. The van der Waals surface area contributed by atoms with Crippen molar-refractivity contribution < 1.29 is 18.7 Å². The van der Waals surface area contributed by atoms with Crippen LogP contribution < -0.4 is 5.32 Å². The van der Waals surface area contributed by atoms with E-state index in [2.05, 4.69) is 22.3 Å². The number of carbonyl (C=O) groups excluding carboxylic acids is 2. The van der Waals surface area contributed by atoms with E-state index in [1.807, 2.05) is 66.7 Å². The predicted octanol–water partition coefficient (Wildman–Crippen LogP) is 4.59. The quantitative estimate of drug-likeness (QED) is 0.349. The molecule has 2 heterocycles. The number of oxazole rings is 1. The Bertz CT molecular complexity index is 1230. The highest BCUT2D eigenvalue weighted by atomic mass is 16.5. The van der Waals surface area contributed by atoms with E-state index in [1.165, 1.54) is 0 Å². The third-order valence-electron chi connectivity index (χ3n) is 5.05. The lowest BCUT2D eigenvalue weighted by molar-refractivity contribution is -0.147. The Labute approximate surface area is 197 Å². The van der Waals surface area contributed by atoms with Crippen LogP contribution in [0.1, 0.15) is 31.4 Å². The first kappa shape index (κ1) is 23.0. The molecule has 0 atom stereocenters. The standard InChI is InChI=1S/C26H26N4O4/c1-2-9-20-16-23(30(29-20)21-12-7-4-8-13-21)28-24(31)18-33-26(32)15-14-25-27-17-22(34-25)19-10-5-3-6-11-19/h3-8,10-13,16-17H,2,9,14-15,18H2,1H3,(H,28,31). The molecule has 2 aromatic carbocycles. The van der Waals surface area contributed by atoms with Gasteiger partial charge in [-0.3, -0.25) is 9.59 Å². The van der Waals surface area contributed by atoms with E-state index in [9.17, 15) is 9.59 Å². The molecule has 2 aromatic heterocycles. The first-order valence-corrected chi connectivity index (χ1v) is 11.2. The molecular weight excluding hydrogens is 432 g/mol. The fourth-order valence-electron chi connectivity index (χ4n) is 3.43. The number of amides is 1. The molecule has 34 heavy (non-hydrogen) atoms. The van der Waals surface area contributed by atoms with Gasteiger partial charge >= 0.3 is 5.97 Å². The highest BCUT2D eigenvalue weighted by Gasteiger charge is 2.15. The van der Waals surface area contributed by atoms with Crippen LogP contribution in [0.2, 0.25) is 0 Å². The van der Waals surface area contributed by atoms with Crippen molar-refractivity contribution in [3.05, 3.63) is 84.5 Å². The van der Waals surface area contributed by atoms with Gasteiger partial charge in [0.15, 0.2) is 18.3 Å². The average Bonchev–Trinajstić information content (AvgIpc) is 3.50. The highest BCUT2D eigenvalue weighted by Crippen LogP contribution is 2.21. The van der Waals surface area contributed by atoms with E-state index in [-0.39, 0.29) is 19.4 Å². The minimum Gasteiger partial charge on any atom is -0.456 e. The number of aryl methyl sites for hydroxylation is 2.